The molecule has 1 unspecified atom stereocenters. The number of allylic oxidation sites excluding steroid dienone is 2. The number of unbranched alkanes of at least 4 members (excludes halogenated alkanes) is 26. The third kappa shape index (κ3) is 37.4. The summed E-state index contributed by atoms with van der Waals surface area (Å²) >= 11 is 0. The summed E-state index contributed by atoms with van der Waals surface area (Å²) < 4.78 is 16.6. The van der Waals surface area contributed by atoms with Crippen molar-refractivity contribution >= 4 is 17.9 Å². The van der Waals surface area contributed by atoms with E-state index in [1.165, 1.54) is 122 Å². The van der Waals surface area contributed by atoms with Gasteiger partial charge in [0.2, 0.25) is 0 Å². The molecule has 0 rings (SSSR count). The summed E-state index contributed by atoms with van der Waals surface area (Å²) in [6.07, 6.45) is 40.7. The molecule has 0 bridgehead atoms. The summed E-state index contributed by atoms with van der Waals surface area (Å²) in [7, 11) is 0. The second-order valence-electron chi connectivity index (χ2n) is 14.6. The van der Waals surface area contributed by atoms with Crippen molar-refractivity contribution in [1.29, 1.82) is 0 Å². The van der Waals surface area contributed by atoms with Gasteiger partial charge >= 0.3 is 17.9 Å². The van der Waals surface area contributed by atoms with Crippen LogP contribution in [-0.2, 0) is 28.6 Å². The Labute approximate surface area is 310 Å². The van der Waals surface area contributed by atoms with Gasteiger partial charge in [0.05, 0.1) is 0 Å². The zero-order valence-electron chi connectivity index (χ0n) is 33.4. The highest BCUT2D eigenvalue weighted by Gasteiger charge is 2.19. The molecule has 0 aliphatic carbocycles. The summed E-state index contributed by atoms with van der Waals surface area (Å²) in [5.41, 5.74) is 0. The molecule has 6 nitrogen and oxygen atoms in total. The average molecular weight is 707 g/mol. The van der Waals surface area contributed by atoms with E-state index < -0.39 is 6.10 Å². The first-order chi connectivity index (χ1) is 24.5. The normalized spacial score (nSPS) is 12.0. The molecule has 0 fully saturated rings. The summed E-state index contributed by atoms with van der Waals surface area (Å²) in [5, 5.41) is 0. The lowest BCUT2D eigenvalue weighted by Gasteiger charge is -2.18. The largest absolute Gasteiger partial charge is 0.462 e. The summed E-state index contributed by atoms with van der Waals surface area (Å²) in [6.45, 7) is 6.54. The maximum absolute atomic E-state index is 12.6. The Morgan fingerprint density at radius 1 is 0.380 bits per heavy atom. The third-order valence-corrected chi connectivity index (χ3v) is 9.52. The van der Waals surface area contributed by atoms with Gasteiger partial charge in [-0.25, -0.2) is 0 Å². The zero-order valence-corrected chi connectivity index (χ0v) is 33.4. The quantitative estimate of drug-likeness (QED) is 0.0274. The molecule has 6 heteroatoms. The van der Waals surface area contributed by atoms with Crippen molar-refractivity contribution in [2.75, 3.05) is 13.2 Å². The standard InChI is InChI=1S/C44H82O6/c1-4-7-10-13-15-17-19-21-23-24-26-28-31-34-37-43(46)49-40-41(39-48-42(45)36-33-30-12-9-6-3)50-44(47)38-35-32-29-27-25-22-20-18-16-14-11-8-5-2/h19,21,41H,4-18,20,22-40H2,1-3H3/b21-19-. The molecule has 0 spiro atoms. The van der Waals surface area contributed by atoms with E-state index in [0.717, 1.165) is 70.6 Å². The first-order valence-electron chi connectivity index (χ1n) is 21.7. The Bertz CT molecular complexity index is 778. The topological polar surface area (TPSA) is 78.9 Å². The Balaban J connectivity index is 4.23. The second kappa shape index (κ2) is 39.9. The molecule has 0 saturated carbocycles. The Morgan fingerprint density at radius 2 is 0.660 bits per heavy atom. The molecule has 0 aliphatic heterocycles. The first kappa shape index (κ1) is 48.1. The number of hydrogen-bond donors (Lipinski definition) is 0. The molecule has 1 atom stereocenters. The fourth-order valence-corrected chi connectivity index (χ4v) is 6.20. The molecular weight excluding hydrogens is 624 g/mol. The molecule has 294 valence electrons. The average Bonchev–Trinajstić information content (AvgIpc) is 3.11. The molecule has 0 amide bonds. The molecule has 0 N–H and O–H groups in total. The van der Waals surface area contributed by atoms with Gasteiger partial charge in [-0.05, 0) is 44.9 Å². The van der Waals surface area contributed by atoms with E-state index in [-0.39, 0.29) is 31.1 Å². The van der Waals surface area contributed by atoms with Crippen LogP contribution in [0.15, 0.2) is 12.2 Å². The van der Waals surface area contributed by atoms with Gasteiger partial charge in [0, 0.05) is 19.3 Å². The smallest absolute Gasteiger partial charge is 0.306 e. The fourth-order valence-electron chi connectivity index (χ4n) is 6.20. The van der Waals surface area contributed by atoms with Gasteiger partial charge in [-0.15, -0.1) is 0 Å². The van der Waals surface area contributed by atoms with Crippen LogP contribution >= 0.6 is 0 Å². The maximum atomic E-state index is 12.6. The SMILES string of the molecule is CCCCCCC/C=C\CCCCCCCC(=O)OCC(COC(=O)CCCCCCC)OC(=O)CCCCCCCCCCCCCCC. The highest BCUT2D eigenvalue weighted by atomic mass is 16.6. The Hall–Kier alpha value is -1.85. The van der Waals surface area contributed by atoms with Gasteiger partial charge in [0.25, 0.3) is 0 Å². The van der Waals surface area contributed by atoms with Gasteiger partial charge in [-0.3, -0.25) is 14.4 Å². The van der Waals surface area contributed by atoms with E-state index in [9.17, 15) is 14.4 Å². The van der Waals surface area contributed by atoms with E-state index >= 15 is 0 Å². The number of rotatable bonds is 39. The van der Waals surface area contributed by atoms with Crippen LogP contribution < -0.4 is 0 Å². The van der Waals surface area contributed by atoms with Crippen LogP contribution in [-0.4, -0.2) is 37.2 Å². The zero-order chi connectivity index (χ0) is 36.6. The predicted octanol–water partition coefficient (Wildman–Crippen LogP) is 13.5. The van der Waals surface area contributed by atoms with E-state index in [1.54, 1.807) is 0 Å². The van der Waals surface area contributed by atoms with Crippen molar-refractivity contribution in [2.45, 2.75) is 239 Å². The minimum Gasteiger partial charge on any atom is -0.462 e. The maximum Gasteiger partial charge on any atom is 0.306 e. The summed E-state index contributed by atoms with van der Waals surface area (Å²) in [6, 6.07) is 0. The lowest BCUT2D eigenvalue weighted by Crippen LogP contribution is -2.30. The minimum atomic E-state index is -0.762. The van der Waals surface area contributed by atoms with Crippen LogP contribution in [0.3, 0.4) is 0 Å². The number of carbonyl (C=O) groups is 3. The van der Waals surface area contributed by atoms with Gasteiger partial charge in [0.15, 0.2) is 6.10 Å². The lowest BCUT2D eigenvalue weighted by atomic mass is 10.0. The van der Waals surface area contributed by atoms with Crippen LogP contribution in [0, 0.1) is 0 Å². The number of ether oxygens (including phenoxy) is 3. The molecule has 0 aliphatic rings. The molecule has 0 saturated heterocycles. The molecule has 50 heavy (non-hydrogen) atoms. The molecule has 0 aromatic rings. The van der Waals surface area contributed by atoms with Crippen LogP contribution in [0.25, 0.3) is 0 Å². The number of hydrogen-bond acceptors (Lipinski definition) is 6. The predicted molar refractivity (Wildman–Crippen MR) is 210 cm³/mol. The first-order valence-corrected chi connectivity index (χ1v) is 21.7. The van der Waals surface area contributed by atoms with Crippen molar-refractivity contribution in [3.05, 3.63) is 12.2 Å². The second-order valence-corrected chi connectivity index (χ2v) is 14.6. The van der Waals surface area contributed by atoms with E-state index in [4.69, 9.17) is 14.2 Å². The van der Waals surface area contributed by atoms with Crippen LogP contribution in [0.1, 0.15) is 233 Å². The fraction of sp³-hybridized carbons (Fsp3) is 0.886. The van der Waals surface area contributed by atoms with Crippen molar-refractivity contribution in [3.8, 4) is 0 Å². The molecular formula is C44H82O6. The number of esters is 3. The van der Waals surface area contributed by atoms with Crippen molar-refractivity contribution < 1.29 is 28.6 Å². The third-order valence-electron chi connectivity index (χ3n) is 9.52. The molecule has 0 radical (unpaired) electrons. The van der Waals surface area contributed by atoms with Gasteiger partial charge in [-0.2, -0.15) is 0 Å². The van der Waals surface area contributed by atoms with Crippen molar-refractivity contribution in [2.24, 2.45) is 0 Å². The van der Waals surface area contributed by atoms with E-state index in [2.05, 4.69) is 32.9 Å². The van der Waals surface area contributed by atoms with Gasteiger partial charge < -0.3 is 14.2 Å². The Kier molecular flexibility index (Phi) is 38.5. The van der Waals surface area contributed by atoms with Gasteiger partial charge in [-0.1, -0.05) is 181 Å². The number of carbonyl (C=O) groups excluding carboxylic acids is 3. The monoisotopic (exact) mass is 707 g/mol. The van der Waals surface area contributed by atoms with Crippen molar-refractivity contribution in [1.82, 2.24) is 0 Å². The van der Waals surface area contributed by atoms with Gasteiger partial charge in [0.1, 0.15) is 13.2 Å². The highest BCUT2D eigenvalue weighted by Crippen LogP contribution is 2.15. The Morgan fingerprint density at radius 3 is 1.00 bits per heavy atom. The van der Waals surface area contributed by atoms with Crippen LogP contribution in [0.2, 0.25) is 0 Å². The highest BCUT2D eigenvalue weighted by molar-refractivity contribution is 5.71. The summed E-state index contributed by atoms with van der Waals surface area (Å²) in [4.78, 5) is 37.4. The molecule has 0 aromatic carbocycles. The molecule has 0 heterocycles. The molecule has 0 aromatic heterocycles. The van der Waals surface area contributed by atoms with Crippen molar-refractivity contribution in [3.63, 3.8) is 0 Å². The van der Waals surface area contributed by atoms with E-state index in [0.29, 0.717) is 19.3 Å². The van der Waals surface area contributed by atoms with Crippen LogP contribution in [0.5, 0.6) is 0 Å². The summed E-state index contributed by atoms with van der Waals surface area (Å²) in [5.74, 6) is -0.888. The van der Waals surface area contributed by atoms with Crippen LogP contribution in [0.4, 0.5) is 0 Å². The lowest BCUT2D eigenvalue weighted by molar-refractivity contribution is -0.167. The minimum absolute atomic E-state index is 0.0707. The van der Waals surface area contributed by atoms with E-state index in [1.807, 2.05) is 0 Å².